The van der Waals surface area contributed by atoms with Crippen molar-refractivity contribution in [3.8, 4) is 0 Å². The van der Waals surface area contributed by atoms with Gasteiger partial charge in [-0.05, 0) is 49.3 Å². The number of halogens is 2. The average Bonchev–Trinajstić information content (AvgIpc) is 3.23. The summed E-state index contributed by atoms with van der Waals surface area (Å²) in [6.07, 6.45) is 3.17. The number of nitrogens with zero attached hydrogens (tertiary/aromatic N) is 1. The summed E-state index contributed by atoms with van der Waals surface area (Å²) in [5.41, 5.74) is 0.463. The third-order valence-corrected chi connectivity index (χ3v) is 6.33. The number of carbonyl (C=O) groups excluding carboxylic acids is 3. The Bertz CT molecular complexity index is 739. The molecule has 0 aromatic heterocycles. The molecule has 7 heteroatoms. The Labute approximate surface area is 155 Å². The van der Waals surface area contributed by atoms with Crippen molar-refractivity contribution in [3.05, 3.63) is 28.2 Å². The number of hydrogen-bond donors (Lipinski definition) is 1. The molecule has 1 aromatic carbocycles. The van der Waals surface area contributed by atoms with Gasteiger partial charge in [0.15, 0.2) is 0 Å². The van der Waals surface area contributed by atoms with Gasteiger partial charge in [0, 0.05) is 18.0 Å². The van der Waals surface area contributed by atoms with E-state index in [9.17, 15) is 14.4 Å². The predicted molar refractivity (Wildman–Crippen MR) is 94.2 cm³/mol. The van der Waals surface area contributed by atoms with Crippen LogP contribution in [0, 0.1) is 23.7 Å². The SMILES string of the molecule is O=C(CCN1C(=O)[C@@H]2[C@@H]3CC[C@H](C3)[C@@H]2C1=O)Nc1ccc(Cl)cc1Cl. The van der Waals surface area contributed by atoms with Crippen molar-refractivity contribution in [1.82, 2.24) is 4.90 Å². The highest BCUT2D eigenvalue weighted by atomic mass is 35.5. The lowest BCUT2D eigenvalue weighted by atomic mass is 9.81. The highest BCUT2D eigenvalue weighted by Crippen LogP contribution is 2.56. The van der Waals surface area contributed by atoms with Gasteiger partial charge in [-0.25, -0.2) is 0 Å². The van der Waals surface area contributed by atoms with Crippen LogP contribution < -0.4 is 5.32 Å². The quantitative estimate of drug-likeness (QED) is 0.814. The van der Waals surface area contributed by atoms with Crippen LogP contribution in [0.25, 0.3) is 0 Å². The Hall–Kier alpha value is -1.59. The lowest BCUT2D eigenvalue weighted by Crippen LogP contribution is -2.35. The molecule has 1 heterocycles. The number of benzene rings is 1. The fraction of sp³-hybridized carbons (Fsp3) is 0.500. The first kappa shape index (κ1) is 16.9. The third kappa shape index (κ3) is 2.83. The van der Waals surface area contributed by atoms with Crippen LogP contribution in [0.5, 0.6) is 0 Å². The number of amides is 3. The van der Waals surface area contributed by atoms with E-state index in [2.05, 4.69) is 5.32 Å². The zero-order chi connectivity index (χ0) is 17.7. The number of carbonyl (C=O) groups is 3. The maximum atomic E-state index is 12.6. The van der Waals surface area contributed by atoms with E-state index in [4.69, 9.17) is 23.2 Å². The van der Waals surface area contributed by atoms with Crippen LogP contribution >= 0.6 is 23.2 Å². The molecule has 2 aliphatic carbocycles. The van der Waals surface area contributed by atoms with E-state index in [0.29, 0.717) is 27.6 Å². The molecular formula is C18H18Cl2N2O3. The monoisotopic (exact) mass is 380 g/mol. The Kier molecular flexibility index (Phi) is 4.24. The summed E-state index contributed by atoms with van der Waals surface area (Å²) in [4.78, 5) is 38.6. The van der Waals surface area contributed by atoms with E-state index >= 15 is 0 Å². The summed E-state index contributed by atoms with van der Waals surface area (Å²) in [6, 6.07) is 4.80. The normalized spacial score (nSPS) is 30.1. The zero-order valence-corrected chi connectivity index (χ0v) is 15.0. The Balaban J connectivity index is 1.37. The zero-order valence-electron chi connectivity index (χ0n) is 13.5. The van der Waals surface area contributed by atoms with Crippen molar-refractivity contribution in [2.45, 2.75) is 25.7 Å². The van der Waals surface area contributed by atoms with Crippen molar-refractivity contribution < 1.29 is 14.4 Å². The van der Waals surface area contributed by atoms with Gasteiger partial charge in [-0.15, -0.1) is 0 Å². The number of likely N-dealkylation sites (tertiary alicyclic amines) is 1. The molecule has 0 radical (unpaired) electrons. The first-order chi connectivity index (χ1) is 12.0. The third-order valence-electron chi connectivity index (χ3n) is 5.79. The maximum Gasteiger partial charge on any atom is 0.233 e. The molecule has 2 saturated carbocycles. The minimum absolute atomic E-state index is 0.0607. The molecule has 3 aliphatic rings. The van der Waals surface area contributed by atoms with Crippen LogP contribution in [0.2, 0.25) is 10.0 Å². The molecular weight excluding hydrogens is 363 g/mol. The average molecular weight is 381 g/mol. The van der Waals surface area contributed by atoms with Gasteiger partial charge >= 0.3 is 0 Å². The Morgan fingerprint density at radius 1 is 1.12 bits per heavy atom. The van der Waals surface area contributed by atoms with Gasteiger partial charge in [-0.3, -0.25) is 19.3 Å². The van der Waals surface area contributed by atoms with Gasteiger partial charge in [0.25, 0.3) is 0 Å². The second-order valence-electron chi connectivity index (χ2n) is 7.14. The fourth-order valence-electron chi connectivity index (χ4n) is 4.71. The number of hydrogen-bond acceptors (Lipinski definition) is 3. The molecule has 132 valence electrons. The second kappa shape index (κ2) is 6.29. The molecule has 4 rings (SSSR count). The molecule has 0 spiro atoms. The van der Waals surface area contributed by atoms with Gasteiger partial charge in [-0.2, -0.15) is 0 Å². The number of imide groups is 1. The first-order valence-corrected chi connectivity index (χ1v) is 9.31. The summed E-state index contributed by atoms with van der Waals surface area (Å²) in [7, 11) is 0. The van der Waals surface area contributed by atoms with Crippen molar-refractivity contribution in [2.75, 3.05) is 11.9 Å². The standard InChI is InChI=1S/C18H18Cl2N2O3/c19-11-3-4-13(12(20)8-11)21-14(23)5-6-22-17(24)15-9-1-2-10(7-9)16(15)18(22)25/h3-4,8-10,15-16H,1-2,5-7H2,(H,21,23)/t9-,10-,15-,16+/m1/s1. The Morgan fingerprint density at radius 2 is 1.76 bits per heavy atom. The second-order valence-corrected chi connectivity index (χ2v) is 7.98. The lowest BCUT2D eigenvalue weighted by molar-refractivity contribution is -0.140. The lowest BCUT2D eigenvalue weighted by Gasteiger charge is -2.19. The van der Waals surface area contributed by atoms with Crippen LogP contribution in [0.3, 0.4) is 0 Å². The van der Waals surface area contributed by atoms with Crippen LogP contribution in [0.1, 0.15) is 25.7 Å². The summed E-state index contributed by atoms with van der Waals surface area (Å²) in [6.45, 7) is 0.126. The summed E-state index contributed by atoms with van der Waals surface area (Å²) in [5, 5.41) is 3.52. The van der Waals surface area contributed by atoms with Crippen molar-refractivity contribution in [2.24, 2.45) is 23.7 Å². The molecule has 5 nitrogen and oxygen atoms in total. The van der Waals surface area contributed by atoms with E-state index in [0.717, 1.165) is 19.3 Å². The van der Waals surface area contributed by atoms with E-state index in [1.165, 1.54) is 4.90 Å². The van der Waals surface area contributed by atoms with Gasteiger partial charge in [0.1, 0.15) is 0 Å². The summed E-state index contributed by atoms with van der Waals surface area (Å²) in [5.74, 6) is -0.0137. The summed E-state index contributed by atoms with van der Waals surface area (Å²) < 4.78 is 0. The summed E-state index contributed by atoms with van der Waals surface area (Å²) >= 11 is 11.9. The van der Waals surface area contributed by atoms with E-state index in [1.807, 2.05) is 0 Å². The minimum Gasteiger partial charge on any atom is -0.325 e. The van der Waals surface area contributed by atoms with Crippen molar-refractivity contribution in [1.29, 1.82) is 0 Å². The highest BCUT2D eigenvalue weighted by molar-refractivity contribution is 6.36. The van der Waals surface area contributed by atoms with Crippen LogP contribution in [-0.4, -0.2) is 29.2 Å². The maximum absolute atomic E-state index is 12.6. The smallest absolute Gasteiger partial charge is 0.233 e. The van der Waals surface area contributed by atoms with Gasteiger partial charge in [-0.1, -0.05) is 23.2 Å². The van der Waals surface area contributed by atoms with E-state index in [1.54, 1.807) is 18.2 Å². The fourth-order valence-corrected chi connectivity index (χ4v) is 5.16. The molecule has 3 fully saturated rings. The molecule has 3 amide bonds. The van der Waals surface area contributed by atoms with E-state index < -0.39 is 0 Å². The van der Waals surface area contributed by atoms with Gasteiger partial charge in [0.2, 0.25) is 17.7 Å². The van der Waals surface area contributed by atoms with E-state index in [-0.39, 0.29) is 42.5 Å². The van der Waals surface area contributed by atoms with Crippen molar-refractivity contribution >= 4 is 46.6 Å². The number of nitrogens with one attached hydrogen (secondary N) is 1. The van der Waals surface area contributed by atoms with Crippen LogP contribution in [0.4, 0.5) is 5.69 Å². The first-order valence-electron chi connectivity index (χ1n) is 8.56. The predicted octanol–water partition coefficient (Wildman–Crippen LogP) is 3.35. The number of rotatable bonds is 4. The Morgan fingerprint density at radius 3 is 2.36 bits per heavy atom. The van der Waals surface area contributed by atoms with Gasteiger partial charge < -0.3 is 5.32 Å². The molecule has 1 aliphatic heterocycles. The van der Waals surface area contributed by atoms with Crippen molar-refractivity contribution in [3.63, 3.8) is 0 Å². The minimum atomic E-state index is -0.287. The number of fused-ring (bicyclic) bond motifs is 5. The largest absolute Gasteiger partial charge is 0.325 e. The van der Waals surface area contributed by atoms with Crippen LogP contribution in [0.15, 0.2) is 18.2 Å². The van der Waals surface area contributed by atoms with Gasteiger partial charge in [0.05, 0.1) is 22.5 Å². The number of anilines is 1. The molecule has 4 atom stereocenters. The molecule has 25 heavy (non-hydrogen) atoms. The van der Waals surface area contributed by atoms with Crippen LogP contribution in [-0.2, 0) is 14.4 Å². The molecule has 0 unspecified atom stereocenters. The molecule has 1 N–H and O–H groups in total. The molecule has 2 bridgehead atoms. The highest BCUT2D eigenvalue weighted by Gasteiger charge is 2.60. The molecule has 1 saturated heterocycles. The molecule has 1 aromatic rings. The topological polar surface area (TPSA) is 66.5 Å².